The first kappa shape index (κ1) is 23.2. The Morgan fingerprint density at radius 1 is 0.824 bits per heavy atom. The quantitative estimate of drug-likeness (QED) is 0.563. The third-order valence-electron chi connectivity index (χ3n) is 6.11. The number of hydrogen-bond donors (Lipinski definition) is 1. The van der Waals surface area contributed by atoms with E-state index in [0.717, 1.165) is 10.5 Å². The van der Waals surface area contributed by atoms with E-state index in [1.54, 1.807) is 4.90 Å². The van der Waals surface area contributed by atoms with Crippen LogP contribution in [0.4, 0.5) is 4.79 Å². The molecule has 0 bridgehead atoms. The van der Waals surface area contributed by atoms with Crippen LogP contribution in [0.25, 0.3) is 0 Å². The smallest absolute Gasteiger partial charge is 0.326 e. The summed E-state index contributed by atoms with van der Waals surface area (Å²) in [4.78, 5) is 43.2. The zero-order chi connectivity index (χ0) is 24.3. The Bertz CT molecular complexity index is 1130. The van der Waals surface area contributed by atoms with Crippen LogP contribution in [-0.4, -0.2) is 39.7 Å². The van der Waals surface area contributed by atoms with Gasteiger partial charge in [0.1, 0.15) is 6.54 Å². The van der Waals surface area contributed by atoms with Crippen molar-refractivity contribution in [3.05, 3.63) is 108 Å². The van der Waals surface area contributed by atoms with E-state index < -0.39 is 23.0 Å². The van der Waals surface area contributed by atoms with Crippen LogP contribution in [0.15, 0.2) is 91.0 Å². The van der Waals surface area contributed by atoms with Crippen LogP contribution in [0.3, 0.4) is 0 Å². The summed E-state index contributed by atoms with van der Waals surface area (Å²) in [5, 5.41) is 2.90. The molecule has 4 amide bonds. The maximum absolute atomic E-state index is 13.9. The maximum Gasteiger partial charge on any atom is 0.326 e. The highest BCUT2D eigenvalue weighted by Gasteiger charge is 2.54. The molecule has 1 aliphatic heterocycles. The van der Waals surface area contributed by atoms with E-state index in [-0.39, 0.29) is 12.5 Å². The van der Waals surface area contributed by atoms with Gasteiger partial charge in [-0.25, -0.2) is 4.79 Å². The van der Waals surface area contributed by atoms with Crippen molar-refractivity contribution in [3.8, 4) is 0 Å². The molecule has 6 heteroatoms. The Kier molecular flexibility index (Phi) is 6.24. The molecule has 0 saturated carbocycles. The van der Waals surface area contributed by atoms with E-state index in [1.807, 2.05) is 112 Å². The molecule has 0 unspecified atom stereocenters. The fraction of sp³-hybridized carbons (Fsp3) is 0.250. The lowest BCUT2D eigenvalue weighted by Gasteiger charge is -2.36. The molecule has 34 heavy (non-hydrogen) atoms. The predicted octanol–water partition coefficient (Wildman–Crippen LogP) is 4.31. The lowest BCUT2D eigenvalue weighted by Crippen LogP contribution is -2.51. The number of carbonyl (C=O) groups excluding carboxylic acids is 3. The Hall–Kier alpha value is -3.93. The molecule has 174 valence electrons. The molecular weight excluding hydrogens is 426 g/mol. The van der Waals surface area contributed by atoms with Crippen molar-refractivity contribution in [3.63, 3.8) is 0 Å². The average molecular weight is 456 g/mol. The van der Waals surface area contributed by atoms with Crippen molar-refractivity contribution in [1.82, 2.24) is 15.1 Å². The highest BCUT2D eigenvalue weighted by atomic mass is 16.2. The minimum atomic E-state index is -1.38. The third-order valence-corrected chi connectivity index (χ3v) is 6.11. The van der Waals surface area contributed by atoms with Gasteiger partial charge in [0.2, 0.25) is 5.91 Å². The van der Waals surface area contributed by atoms with Gasteiger partial charge >= 0.3 is 6.03 Å². The molecule has 1 aliphatic rings. The average Bonchev–Trinajstić information content (AvgIpc) is 3.09. The predicted molar refractivity (Wildman–Crippen MR) is 131 cm³/mol. The van der Waals surface area contributed by atoms with E-state index in [4.69, 9.17) is 0 Å². The monoisotopic (exact) mass is 455 g/mol. The Morgan fingerprint density at radius 2 is 1.29 bits per heavy atom. The van der Waals surface area contributed by atoms with Crippen molar-refractivity contribution in [2.45, 2.75) is 38.4 Å². The zero-order valence-corrected chi connectivity index (χ0v) is 19.7. The molecule has 3 aromatic carbocycles. The Morgan fingerprint density at radius 3 is 1.76 bits per heavy atom. The number of nitrogens with zero attached hydrogens (tertiary/aromatic N) is 2. The summed E-state index contributed by atoms with van der Waals surface area (Å²) < 4.78 is 0. The highest BCUT2D eigenvalue weighted by Crippen LogP contribution is 2.36. The minimum Gasteiger partial charge on any atom is -0.332 e. The van der Waals surface area contributed by atoms with Gasteiger partial charge in [-0.2, -0.15) is 0 Å². The number of imide groups is 1. The van der Waals surface area contributed by atoms with Gasteiger partial charge in [0, 0.05) is 12.1 Å². The third kappa shape index (κ3) is 4.31. The molecular formula is C28H29N3O3. The number of benzene rings is 3. The van der Waals surface area contributed by atoms with Crippen molar-refractivity contribution in [1.29, 1.82) is 0 Å². The normalized spacial score (nSPS) is 15.2. The second kappa shape index (κ2) is 9.14. The molecule has 1 N–H and O–H groups in total. The highest BCUT2D eigenvalue weighted by molar-refractivity contribution is 6.11. The number of rotatable bonds is 6. The van der Waals surface area contributed by atoms with Gasteiger partial charge in [0.05, 0.1) is 0 Å². The number of urea groups is 1. The molecule has 4 rings (SSSR count). The Labute approximate surface area is 200 Å². The first-order valence-electron chi connectivity index (χ1n) is 11.3. The van der Waals surface area contributed by atoms with Gasteiger partial charge in [-0.05, 0) is 37.5 Å². The molecule has 0 spiro atoms. The largest absolute Gasteiger partial charge is 0.332 e. The summed E-state index contributed by atoms with van der Waals surface area (Å²) in [5.41, 5.74) is 0.386. The summed E-state index contributed by atoms with van der Waals surface area (Å²) in [7, 11) is 0. The molecule has 3 aromatic rings. The van der Waals surface area contributed by atoms with Gasteiger partial charge in [-0.15, -0.1) is 0 Å². The SMILES string of the molecule is CC(C)(C)N(Cc1ccccc1)C(=O)CN1C(=O)NC(c2ccccc2)(c2ccccc2)C1=O. The lowest BCUT2D eigenvalue weighted by molar-refractivity contribution is -0.142. The van der Waals surface area contributed by atoms with E-state index >= 15 is 0 Å². The van der Waals surface area contributed by atoms with Crippen molar-refractivity contribution >= 4 is 17.8 Å². The summed E-state index contributed by atoms with van der Waals surface area (Å²) in [6.45, 7) is 5.87. The first-order chi connectivity index (χ1) is 16.2. The maximum atomic E-state index is 13.9. The fourth-order valence-corrected chi connectivity index (χ4v) is 4.34. The molecule has 1 fully saturated rings. The molecule has 0 aromatic heterocycles. The number of hydrogen-bond acceptors (Lipinski definition) is 3. The molecule has 6 nitrogen and oxygen atoms in total. The van der Waals surface area contributed by atoms with Gasteiger partial charge < -0.3 is 10.2 Å². The zero-order valence-electron chi connectivity index (χ0n) is 19.7. The molecule has 0 aliphatic carbocycles. The Balaban J connectivity index is 1.67. The summed E-state index contributed by atoms with van der Waals surface area (Å²) >= 11 is 0. The van der Waals surface area contributed by atoms with Crippen molar-refractivity contribution in [2.75, 3.05) is 6.54 Å². The fourth-order valence-electron chi connectivity index (χ4n) is 4.34. The van der Waals surface area contributed by atoms with Crippen LogP contribution in [0.1, 0.15) is 37.5 Å². The van der Waals surface area contributed by atoms with E-state index in [9.17, 15) is 14.4 Å². The van der Waals surface area contributed by atoms with E-state index in [0.29, 0.717) is 17.7 Å². The summed E-state index contributed by atoms with van der Waals surface area (Å²) in [5.74, 6) is -0.756. The van der Waals surface area contributed by atoms with Crippen LogP contribution >= 0.6 is 0 Å². The molecule has 1 saturated heterocycles. The molecule has 1 heterocycles. The van der Waals surface area contributed by atoms with Crippen LogP contribution in [-0.2, 0) is 21.7 Å². The van der Waals surface area contributed by atoms with E-state index in [1.165, 1.54) is 0 Å². The summed E-state index contributed by atoms with van der Waals surface area (Å²) in [6.07, 6.45) is 0. The minimum absolute atomic E-state index is 0.295. The standard InChI is InChI=1S/C28H29N3O3/c1-27(2,3)31(19-21-13-7-4-8-14-21)24(32)20-30-25(33)28(29-26(30)34,22-15-9-5-10-16-22)23-17-11-6-12-18-23/h4-18H,19-20H2,1-3H3,(H,29,34). The van der Waals surface area contributed by atoms with E-state index in [2.05, 4.69) is 5.32 Å². The number of nitrogens with one attached hydrogen (secondary N) is 1. The van der Waals surface area contributed by atoms with Crippen LogP contribution in [0.2, 0.25) is 0 Å². The lowest BCUT2D eigenvalue weighted by atomic mass is 9.82. The van der Waals surface area contributed by atoms with Crippen LogP contribution < -0.4 is 5.32 Å². The van der Waals surface area contributed by atoms with Crippen molar-refractivity contribution in [2.24, 2.45) is 0 Å². The summed E-state index contributed by atoms with van der Waals surface area (Å²) in [6, 6.07) is 27.4. The van der Waals surface area contributed by atoms with Crippen LogP contribution in [0.5, 0.6) is 0 Å². The van der Waals surface area contributed by atoms with Gasteiger partial charge in [0.25, 0.3) is 5.91 Å². The van der Waals surface area contributed by atoms with Crippen molar-refractivity contribution < 1.29 is 14.4 Å². The van der Waals surface area contributed by atoms with Gasteiger partial charge in [-0.1, -0.05) is 91.0 Å². The number of amides is 4. The van der Waals surface area contributed by atoms with Gasteiger partial charge in [0.15, 0.2) is 5.54 Å². The molecule has 0 atom stereocenters. The van der Waals surface area contributed by atoms with Gasteiger partial charge in [-0.3, -0.25) is 14.5 Å². The topological polar surface area (TPSA) is 69.7 Å². The van der Waals surface area contributed by atoms with Crippen LogP contribution in [0, 0.1) is 0 Å². The second-order valence-electron chi connectivity index (χ2n) is 9.44. The first-order valence-corrected chi connectivity index (χ1v) is 11.3. The second-order valence-corrected chi connectivity index (χ2v) is 9.44. The molecule has 0 radical (unpaired) electrons. The number of carbonyl (C=O) groups is 3.